The zero-order chi connectivity index (χ0) is 17.0. The van der Waals surface area contributed by atoms with Crippen LogP contribution in [0.3, 0.4) is 0 Å². The van der Waals surface area contributed by atoms with Crippen LogP contribution < -0.4 is 15.8 Å². The van der Waals surface area contributed by atoms with Gasteiger partial charge in [0.25, 0.3) is 11.8 Å². The van der Waals surface area contributed by atoms with Crippen molar-refractivity contribution in [3.05, 3.63) is 58.1 Å². The minimum Gasteiger partial charge on any atom is -0.483 e. The van der Waals surface area contributed by atoms with Gasteiger partial charge in [-0.2, -0.15) is 0 Å². The SMILES string of the molecule is NC(=O)c1ccccc1OCC(=O)Nc1c(F)cc(F)cc1Br. The molecule has 0 aliphatic heterocycles. The lowest BCUT2D eigenvalue weighted by Gasteiger charge is -2.11. The van der Waals surface area contributed by atoms with Gasteiger partial charge in [0.05, 0.1) is 11.3 Å². The number of ether oxygens (including phenoxy) is 1. The summed E-state index contributed by atoms with van der Waals surface area (Å²) in [5, 5.41) is 2.26. The summed E-state index contributed by atoms with van der Waals surface area (Å²) >= 11 is 2.96. The fourth-order valence-corrected chi connectivity index (χ4v) is 2.28. The van der Waals surface area contributed by atoms with Crippen molar-refractivity contribution in [3.63, 3.8) is 0 Å². The number of benzene rings is 2. The molecule has 5 nitrogen and oxygen atoms in total. The average Bonchev–Trinajstić information content (AvgIpc) is 2.49. The van der Waals surface area contributed by atoms with Crippen LogP contribution >= 0.6 is 15.9 Å². The first-order valence-electron chi connectivity index (χ1n) is 6.34. The smallest absolute Gasteiger partial charge is 0.262 e. The summed E-state index contributed by atoms with van der Waals surface area (Å²) in [5.74, 6) is -2.96. The minimum absolute atomic E-state index is 0.0564. The Bertz CT molecular complexity index is 745. The number of carbonyl (C=O) groups is 2. The maximum Gasteiger partial charge on any atom is 0.262 e. The number of amides is 2. The Labute approximate surface area is 138 Å². The van der Waals surface area contributed by atoms with Crippen LogP contribution in [0.2, 0.25) is 0 Å². The van der Waals surface area contributed by atoms with E-state index < -0.39 is 30.1 Å². The van der Waals surface area contributed by atoms with E-state index in [0.717, 1.165) is 6.07 Å². The maximum absolute atomic E-state index is 13.6. The fourth-order valence-electron chi connectivity index (χ4n) is 1.78. The van der Waals surface area contributed by atoms with Crippen LogP contribution in [0, 0.1) is 11.6 Å². The standard InChI is InChI=1S/C15H11BrF2N2O3/c16-10-5-8(17)6-11(18)14(10)20-13(21)7-23-12-4-2-1-3-9(12)15(19)22/h1-6H,7H2,(H2,19,22)(H,20,21). The van der Waals surface area contributed by atoms with Crippen LogP contribution in [0.4, 0.5) is 14.5 Å². The number of nitrogens with one attached hydrogen (secondary N) is 1. The van der Waals surface area contributed by atoms with Crippen LogP contribution in [0.15, 0.2) is 40.9 Å². The van der Waals surface area contributed by atoms with E-state index in [2.05, 4.69) is 21.2 Å². The van der Waals surface area contributed by atoms with Crippen molar-refractivity contribution in [1.82, 2.24) is 0 Å². The lowest BCUT2D eigenvalue weighted by Crippen LogP contribution is -2.22. The van der Waals surface area contributed by atoms with Crippen LogP contribution in [0.1, 0.15) is 10.4 Å². The van der Waals surface area contributed by atoms with E-state index in [4.69, 9.17) is 10.5 Å². The maximum atomic E-state index is 13.6. The molecule has 0 aliphatic carbocycles. The highest BCUT2D eigenvalue weighted by Crippen LogP contribution is 2.26. The fraction of sp³-hybridized carbons (Fsp3) is 0.0667. The first-order valence-corrected chi connectivity index (χ1v) is 7.14. The number of primary amides is 1. The lowest BCUT2D eigenvalue weighted by atomic mass is 10.2. The number of rotatable bonds is 5. The van der Waals surface area contributed by atoms with Crippen LogP contribution in [0.25, 0.3) is 0 Å². The first kappa shape index (κ1) is 16.9. The quantitative estimate of drug-likeness (QED) is 0.831. The minimum atomic E-state index is -0.928. The van der Waals surface area contributed by atoms with E-state index >= 15 is 0 Å². The molecule has 23 heavy (non-hydrogen) atoms. The van der Waals surface area contributed by atoms with Gasteiger partial charge in [0, 0.05) is 10.5 Å². The predicted molar refractivity (Wildman–Crippen MR) is 83.1 cm³/mol. The third-order valence-corrected chi connectivity index (χ3v) is 3.41. The molecule has 0 fully saturated rings. The third kappa shape index (κ3) is 4.26. The second-order valence-corrected chi connectivity index (χ2v) is 5.30. The molecule has 0 unspecified atom stereocenters. The number of halogens is 3. The summed E-state index contributed by atoms with van der Waals surface area (Å²) in [6, 6.07) is 7.78. The Morgan fingerprint density at radius 1 is 1.22 bits per heavy atom. The van der Waals surface area contributed by atoms with Crippen molar-refractivity contribution in [2.45, 2.75) is 0 Å². The van der Waals surface area contributed by atoms with Crippen LogP contribution in [-0.4, -0.2) is 18.4 Å². The van der Waals surface area contributed by atoms with E-state index in [9.17, 15) is 18.4 Å². The predicted octanol–water partition coefficient (Wildman–Crippen LogP) is 2.84. The molecule has 3 N–H and O–H groups in total. The molecule has 0 saturated heterocycles. The highest BCUT2D eigenvalue weighted by Gasteiger charge is 2.14. The van der Waals surface area contributed by atoms with E-state index in [1.54, 1.807) is 12.1 Å². The molecule has 0 radical (unpaired) electrons. The number of carbonyl (C=O) groups excluding carboxylic acids is 2. The van der Waals surface area contributed by atoms with Gasteiger partial charge in [0.1, 0.15) is 11.6 Å². The summed E-state index contributed by atoms with van der Waals surface area (Å²) < 4.78 is 31.9. The monoisotopic (exact) mass is 384 g/mol. The lowest BCUT2D eigenvalue weighted by molar-refractivity contribution is -0.118. The van der Waals surface area contributed by atoms with Gasteiger partial charge in [-0.05, 0) is 34.1 Å². The molecule has 0 aliphatic rings. The molecule has 2 rings (SSSR count). The van der Waals surface area contributed by atoms with Crippen molar-refractivity contribution in [2.24, 2.45) is 5.73 Å². The summed E-state index contributed by atoms with van der Waals surface area (Å²) in [5.41, 5.74) is 5.10. The van der Waals surface area contributed by atoms with Crippen LogP contribution in [0.5, 0.6) is 5.75 Å². The van der Waals surface area contributed by atoms with Gasteiger partial charge in [-0.1, -0.05) is 12.1 Å². The van der Waals surface area contributed by atoms with Crippen molar-refractivity contribution in [2.75, 3.05) is 11.9 Å². The van der Waals surface area contributed by atoms with Gasteiger partial charge in [-0.15, -0.1) is 0 Å². The zero-order valence-corrected chi connectivity index (χ0v) is 13.2. The molecular formula is C15H11BrF2N2O3. The Morgan fingerprint density at radius 3 is 2.57 bits per heavy atom. The number of nitrogens with two attached hydrogens (primary N) is 1. The van der Waals surface area contributed by atoms with E-state index in [-0.39, 0.29) is 21.5 Å². The van der Waals surface area contributed by atoms with Gasteiger partial charge < -0.3 is 15.8 Å². The van der Waals surface area contributed by atoms with Gasteiger partial charge in [-0.3, -0.25) is 9.59 Å². The number of hydrogen-bond acceptors (Lipinski definition) is 3. The highest BCUT2D eigenvalue weighted by molar-refractivity contribution is 9.10. The normalized spacial score (nSPS) is 10.2. The van der Waals surface area contributed by atoms with Gasteiger partial charge >= 0.3 is 0 Å². The van der Waals surface area contributed by atoms with Crippen molar-refractivity contribution >= 4 is 33.4 Å². The molecule has 120 valence electrons. The Kier molecular flexibility index (Phi) is 5.28. The molecular weight excluding hydrogens is 374 g/mol. The van der Waals surface area contributed by atoms with E-state index in [0.29, 0.717) is 6.07 Å². The van der Waals surface area contributed by atoms with Gasteiger partial charge in [0.2, 0.25) is 0 Å². The molecule has 0 atom stereocenters. The van der Waals surface area contributed by atoms with E-state index in [1.165, 1.54) is 12.1 Å². The molecule has 2 amide bonds. The van der Waals surface area contributed by atoms with Crippen molar-refractivity contribution < 1.29 is 23.1 Å². The second kappa shape index (κ2) is 7.19. The summed E-state index contributed by atoms with van der Waals surface area (Å²) in [6.45, 7) is -0.479. The first-order chi connectivity index (χ1) is 10.9. The largest absolute Gasteiger partial charge is 0.483 e. The second-order valence-electron chi connectivity index (χ2n) is 4.44. The molecule has 0 bridgehead atoms. The number of hydrogen-bond donors (Lipinski definition) is 2. The van der Waals surface area contributed by atoms with Crippen molar-refractivity contribution in [1.29, 1.82) is 0 Å². The van der Waals surface area contributed by atoms with Crippen molar-refractivity contribution in [3.8, 4) is 5.75 Å². The molecule has 8 heteroatoms. The Morgan fingerprint density at radius 2 is 1.91 bits per heavy atom. The summed E-state index contributed by atoms with van der Waals surface area (Å²) in [6.07, 6.45) is 0. The zero-order valence-electron chi connectivity index (χ0n) is 11.6. The molecule has 2 aromatic rings. The molecule has 2 aromatic carbocycles. The molecule has 0 aromatic heterocycles. The topological polar surface area (TPSA) is 81.4 Å². The van der Waals surface area contributed by atoms with Gasteiger partial charge in [-0.25, -0.2) is 8.78 Å². The molecule has 0 saturated carbocycles. The number of para-hydroxylation sites is 1. The summed E-state index contributed by atoms with van der Waals surface area (Å²) in [7, 11) is 0. The van der Waals surface area contributed by atoms with Crippen LogP contribution in [-0.2, 0) is 4.79 Å². The van der Waals surface area contributed by atoms with E-state index in [1.807, 2.05) is 0 Å². The highest BCUT2D eigenvalue weighted by atomic mass is 79.9. The summed E-state index contributed by atoms with van der Waals surface area (Å²) in [4.78, 5) is 23.1. The average molecular weight is 385 g/mol. The Hall–Kier alpha value is -2.48. The molecule has 0 heterocycles. The molecule has 0 spiro atoms. The number of anilines is 1. The Balaban J connectivity index is 2.06. The van der Waals surface area contributed by atoms with Gasteiger partial charge in [0.15, 0.2) is 12.4 Å². The third-order valence-electron chi connectivity index (χ3n) is 2.78.